The molecule has 29 heavy (non-hydrogen) atoms. The Morgan fingerprint density at radius 1 is 1.14 bits per heavy atom. The molecular weight excluding hydrogens is 404 g/mol. The number of thiophene rings is 1. The lowest BCUT2D eigenvalue weighted by atomic mass is 10.1. The minimum atomic E-state index is 0.0713. The summed E-state index contributed by atoms with van der Waals surface area (Å²) in [4.78, 5) is 18.9. The summed E-state index contributed by atoms with van der Waals surface area (Å²) in [7, 11) is 0. The maximum atomic E-state index is 13.0. The van der Waals surface area contributed by atoms with Crippen LogP contribution in [0.25, 0.3) is 0 Å². The van der Waals surface area contributed by atoms with Crippen molar-refractivity contribution in [1.82, 2.24) is 9.80 Å². The van der Waals surface area contributed by atoms with E-state index < -0.39 is 0 Å². The van der Waals surface area contributed by atoms with E-state index in [1.165, 1.54) is 16.9 Å². The van der Waals surface area contributed by atoms with Gasteiger partial charge in [0.2, 0.25) is 0 Å². The average Bonchev–Trinajstić information content (AvgIpc) is 3.14. The summed E-state index contributed by atoms with van der Waals surface area (Å²) in [6.45, 7) is 6.90. The Labute approximate surface area is 182 Å². The molecule has 4 rings (SSSR count). The third-order valence-corrected chi connectivity index (χ3v) is 7.22. The van der Waals surface area contributed by atoms with Crippen LogP contribution < -0.4 is 4.74 Å². The molecule has 0 atom stereocenters. The van der Waals surface area contributed by atoms with Gasteiger partial charge >= 0.3 is 0 Å². The van der Waals surface area contributed by atoms with Gasteiger partial charge in [0.05, 0.1) is 5.56 Å². The monoisotopic (exact) mass is 432 g/mol. The van der Waals surface area contributed by atoms with Crippen molar-refractivity contribution in [1.29, 1.82) is 0 Å². The van der Waals surface area contributed by atoms with Crippen LogP contribution >= 0.6 is 22.9 Å². The Hall–Kier alpha value is -1.56. The summed E-state index contributed by atoms with van der Waals surface area (Å²) in [6, 6.07) is 7.61. The Bertz CT molecular complexity index is 839. The fourth-order valence-corrected chi connectivity index (χ4v) is 5.28. The smallest absolute Gasteiger partial charge is 0.257 e. The van der Waals surface area contributed by atoms with E-state index >= 15 is 0 Å². The van der Waals surface area contributed by atoms with Gasteiger partial charge in [-0.2, -0.15) is 0 Å². The van der Waals surface area contributed by atoms with Gasteiger partial charge in [-0.15, -0.1) is 11.3 Å². The zero-order valence-electron chi connectivity index (χ0n) is 17.0. The number of aryl methyl sites for hydroxylation is 1. The number of rotatable bonds is 5. The predicted molar refractivity (Wildman–Crippen MR) is 119 cm³/mol. The SMILES string of the molecule is Cc1ccsc1CN1CCC(Oc2cc(Cl)ccc2C(=O)N2CCCCC2)CC1. The van der Waals surface area contributed by atoms with Gasteiger partial charge in [0, 0.05) is 42.6 Å². The number of hydrogen-bond donors (Lipinski definition) is 0. The maximum absolute atomic E-state index is 13.0. The minimum absolute atomic E-state index is 0.0713. The number of nitrogens with zero attached hydrogens (tertiary/aromatic N) is 2. The van der Waals surface area contributed by atoms with Crippen molar-refractivity contribution in [3.05, 3.63) is 50.7 Å². The standard InChI is InChI=1S/C23H29ClN2O2S/c1-17-9-14-29-22(17)16-25-12-7-19(8-13-25)28-21-15-18(24)5-6-20(21)23(27)26-10-3-2-4-11-26/h5-6,9,14-15,19H,2-4,7-8,10-13,16H2,1H3. The number of carbonyl (C=O) groups excluding carboxylic acids is 1. The number of carbonyl (C=O) groups is 1. The van der Waals surface area contributed by atoms with Gasteiger partial charge in [0.15, 0.2) is 0 Å². The van der Waals surface area contributed by atoms with Crippen molar-refractivity contribution in [2.45, 2.75) is 51.7 Å². The number of likely N-dealkylation sites (tertiary alicyclic amines) is 2. The molecule has 156 valence electrons. The largest absolute Gasteiger partial charge is 0.489 e. The maximum Gasteiger partial charge on any atom is 0.257 e. The predicted octanol–water partition coefficient (Wildman–Crippen LogP) is 5.38. The first kappa shape index (κ1) is 20.7. The molecule has 0 spiro atoms. The lowest BCUT2D eigenvalue weighted by Gasteiger charge is -2.33. The van der Waals surface area contributed by atoms with Crippen LogP contribution in [0, 0.1) is 6.92 Å². The second kappa shape index (κ2) is 9.50. The van der Waals surface area contributed by atoms with Crippen molar-refractivity contribution in [2.75, 3.05) is 26.2 Å². The fourth-order valence-electron chi connectivity index (χ4n) is 4.17. The highest BCUT2D eigenvalue weighted by atomic mass is 35.5. The van der Waals surface area contributed by atoms with Crippen molar-refractivity contribution in [2.24, 2.45) is 0 Å². The molecule has 1 amide bonds. The number of benzene rings is 1. The van der Waals surface area contributed by atoms with E-state index in [2.05, 4.69) is 23.3 Å². The Morgan fingerprint density at radius 2 is 1.90 bits per heavy atom. The summed E-state index contributed by atoms with van der Waals surface area (Å²) in [5.74, 6) is 0.711. The second-order valence-electron chi connectivity index (χ2n) is 8.11. The Balaban J connectivity index is 1.38. The highest BCUT2D eigenvalue weighted by molar-refractivity contribution is 7.10. The number of amides is 1. The Morgan fingerprint density at radius 3 is 2.59 bits per heavy atom. The van der Waals surface area contributed by atoms with Gasteiger partial charge in [-0.3, -0.25) is 9.69 Å². The van der Waals surface area contributed by atoms with E-state index in [1.54, 1.807) is 12.1 Å². The van der Waals surface area contributed by atoms with Crippen LogP contribution in [0.4, 0.5) is 0 Å². The molecule has 2 saturated heterocycles. The van der Waals surface area contributed by atoms with E-state index in [-0.39, 0.29) is 12.0 Å². The molecule has 2 aliphatic heterocycles. The third kappa shape index (κ3) is 5.14. The zero-order valence-corrected chi connectivity index (χ0v) is 18.6. The zero-order chi connectivity index (χ0) is 20.2. The van der Waals surface area contributed by atoms with Crippen LogP contribution in [-0.4, -0.2) is 48.0 Å². The molecule has 4 nitrogen and oxygen atoms in total. The first-order chi connectivity index (χ1) is 14.1. The normalized spacial score (nSPS) is 18.8. The quantitative estimate of drug-likeness (QED) is 0.635. The summed E-state index contributed by atoms with van der Waals surface area (Å²) < 4.78 is 6.33. The summed E-state index contributed by atoms with van der Waals surface area (Å²) in [5, 5.41) is 2.78. The summed E-state index contributed by atoms with van der Waals surface area (Å²) in [5.41, 5.74) is 2.03. The topological polar surface area (TPSA) is 32.8 Å². The second-order valence-corrected chi connectivity index (χ2v) is 9.55. The molecule has 0 aliphatic carbocycles. The lowest BCUT2D eigenvalue weighted by molar-refractivity contribution is 0.0702. The molecule has 0 unspecified atom stereocenters. The van der Waals surface area contributed by atoms with Gasteiger partial charge in [-0.25, -0.2) is 0 Å². The highest BCUT2D eigenvalue weighted by Gasteiger charge is 2.25. The van der Waals surface area contributed by atoms with Crippen LogP contribution in [0.5, 0.6) is 5.75 Å². The number of ether oxygens (including phenoxy) is 1. The van der Waals surface area contributed by atoms with Gasteiger partial charge in [0.1, 0.15) is 11.9 Å². The summed E-state index contributed by atoms with van der Waals surface area (Å²) in [6.07, 6.45) is 5.43. The van der Waals surface area contributed by atoms with Gasteiger partial charge in [0.25, 0.3) is 5.91 Å². The molecule has 1 aromatic carbocycles. The van der Waals surface area contributed by atoms with Gasteiger partial charge in [-0.1, -0.05) is 11.6 Å². The van der Waals surface area contributed by atoms with E-state index in [0.29, 0.717) is 16.3 Å². The number of piperidine rings is 2. The third-order valence-electron chi connectivity index (χ3n) is 5.98. The van der Waals surface area contributed by atoms with Gasteiger partial charge < -0.3 is 9.64 Å². The first-order valence-corrected chi connectivity index (χ1v) is 11.9. The van der Waals surface area contributed by atoms with Crippen LogP contribution in [0.1, 0.15) is 52.9 Å². The molecule has 6 heteroatoms. The van der Waals surface area contributed by atoms with Crippen molar-refractivity contribution < 1.29 is 9.53 Å². The van der Waals surface area contributed by atoms with Crippen molar-refractivity contribution >= 4 is 28.8 Å². The van der Waals surface area contributed by atoms with E-state index in [9.17, 15) is 4.79 Å². The lowest BCUT2D eigenvalue weighted by Crippen LogP contribution is -2.38. The van der Waals surface area contributed by atoms with Crippen LogP contribution in [-0.2, 0) is 6.54 Å². The molecule has 1 aromatic heterocycles. The van der Waals surface area contributed by atoms with E-state index in [4.69, 9.17) is 16.3 Å². The molecule has 0 bridgehead atoms. The molecule has 0 N–H and O–H groups in total. The Kier molecular flexibility index (Phi) is 6.78. The highest BCUT2D eigenvalue weighted by Crippen LogP contribution is 2.29. The molecular formula is C23H29ClN2O2S. The molecule has 0 radical (unpaired) electrons. The molecule has 2 aliphatic rings. The van der Waals surface area contributed by atoms with Crippen LogP contribution in [0.2, 0.25) is 5.02 Å². The molecule has 2 aromatic rings. The summed E-state index contributed by atoms with van der Waals surface area (Å²) >= 11 is 8.07. The van der Waals surface area contributed by atoms with Crippen LogP contribution in [0.15, 0.2) is 29.6 Å². The van der Waals surface area contributed by atoms with Gasteiger partial charge in [-0.05, 0) is 74.2 Å². The molecule has 0 saturated carbocycles. The van der Waals surface area contributed by atoms with Crippen LogP contribution in [0.3, 0.4) is 0 Å². The van der Waals surface area contributed by atoms with E-state index in [1.807, 2.05) is 22.3 Å². The minimum Gasteiger partial charge on any atom is -0.489 e. The van der Waals surface area contributed by atoms with Crippen molar-refractivity contribution in [3.8, 4) is 5.75 Å². The average molecular weight is 433 g/mol. The van der Waals surface area contributed by atoms with Crippen molar-refractivity contribution in [3.63, 3.8) is 0 Å². The number of hydrogen-bond acceptors (Lipinski definition) is 4. The fraction of sp³-hybridized carbons (Fsp3) is 0.522. The van der Waals surface area contributed by atoms with E-state index in [0.717, 1.165) is 58.4 Å². The molecule has 2 fully saturated rings. The first-order valence-electron chi connectivity index (χ1n) is 10.6. The number of halogens is 1. The molecule has 3 heterocycles.